The van der Waals surface area contributed by atoms with Crippen molar-refractivity contribution in [2.75, 3.05) is 7.11 Å². The molecule has 0 aromatic heterocycles. The largest absolute Gasteiger partial charge is 0.504 e. The maximum atomic E-state index is 13.2. The molecule has 0 aliphatic heterocycles. The molecule has 0 amide bonds. The van der Waals surface area contributed by atoms with E-state index in [1.54, 1.807) is 12.1 Å². The zero-order valence-electron chi connectivity index (χ0n) is 14.1. The molecule has 1 unspecified atom stereocenters. The van der Waals surface area contributed by atoms with Crippen molar-refractivity contribution in [3.05, 3.63) is 95.6 Å². The van der Waals surface area contributed by atoms with E-state index < -0.39 is 0 Å². The quantitative estimate of drug-likeness (QED) is 0.671. The van der Waals surface area contributed by atoms with E-state index in [2.05, 4.69) is 0 Å². The summed E-state index contributed by atoms with van der Waals surface area (Å²) in [5.74, 6) is 0.0435. The van der Waals surface area contributed by atoms with Crippen LogP contribution in [0.4, 0.5) is 0 Å². The van der Waals surface area contributed by atoms with Crippen LogP contribution in [0.25, 0.3) is 0 Å². The first-order chi connectivity index (χ1) is 12.2. The maximum absolute atomic E-state index is 13.2. The van der Waals surface area contributed by atoms with Crippen molar-refractivity contribution < 1.29 is 14.6 Å². The number of carbonyl (C=O) groups is 1. The number of Topliss-reactive ketones (excluding diaryl/α,β-unsaturated/α-hetero) is 1. The van der Waals surface area contributed by atoms with Gasteiger partial charge in [0.1, 0.15) is 0 Å². The minimum Gasteiger partial charge on any atom is -0.504 e. The number of benzene rings is 3. The number of methoxy groups -OCH3 is 1. The third kappa shape index (κ3) is 3.89. The van der Waals surface area contributed by atoms with E-state index in [1.807, 2.05) is 60.7 Å². The summed E-state index contributed by atoms with van der Waals surface area (Å²) < 4.78 is 5.14. The lowest BCUT2D eigenvalue weighted by atomic mass is 9.85. The van der Waals surface area contributed by atoms with Crippen molar-refractivity contribution in [3.8, 4) is 11.5 Å². The molecular formula is C22H20O3. The van der Waals surface area contributed by atoms with Crippen LogP contribution >= 0.6 is 0 Å². The highest BCUT2D eigenvalue weighted by Gasteiger charge is 2.23. The van der Waals surface area contributed by atoms with E-state index >= 15 is 0 Å². The van der Waals surface area contributed by atoms with Crippen LogP contribution in [0.5, 0.6) is 11.5 Å². The van der Waals surface area contributed by atoms with Crippen molar-refractivity contribution >= 4 is 5.78 Å². The van der Waals surface area contributed by atoms with Gasteiger partial charge in [0.2, 0.25) is 0 Å². The summed E-state index contributed by atoms with van der Waals surface area (Å²) in [6.07, 6.45) is 0.618. The normalized spacial score (nSPS) is 11.7. The number of hydrogen-bond donors (Lipinski definition) is 1. The van der Waals surface area contributed by atoms with E-state index in [4.69, 9.17) is 4.74 Å². The third-order valence-electron chi connectivity index (χ3n) is 4.27. The first kappa shape index (κ1) is 16.8. The Labute approximate surface area is 147 Å². The molecule has 0 saturated heterocycles. The Balaban J connectivity index is 1.97. The van der Waals surface area contributed by atoms with Gasteiger partial charge >= 0.3 is 0 Å². The van der Waals surface area contributed by atoms with E-state index in [-0.39, 0.29) is 17.5 Å². The molecule has 3 rings (SSSR count). The van der Waals surface area contributed by atoms with Crippen molar-refractivity contribution in [2.45, 2.75) is 12.3 Å². The molecule has 0 saturated carbocycles. The number of carbonyl (C=O) groups excluding carboxylic acids is 1. The highest BCUT2D eigenvalue weighted by Crippen LogP contribution is 2.30. The molecule has 126 valence electrons. The Morgan fingerprint density at radius 1 is 0.960 bits per heavy atom. The zero-order valence-corrected chi connectivity index (χ0v) is 14.1. The molecular weight excluding hydrogens is 312 g/mol. The molecule has 0 fully saturated rings. The second kappa shape index (κ2) is 7.67. The van der Waals surface area contributed by atoms with Gasteiger partial charge in [-0.2, -0.15) is 0 Å². The molecule has 25 heavy (non-hydrogen) atoms. The monoisotopic (exact) mass is 332 g/mol. The Bertz CT molecular complexity index is 842. The first-order valence-corrected chi connectivity index (χ1v) is 8.19. The fraction of sp³-hybridized carbons (Fsp3) is 0.136. The van der Waals surface area contributed by atoms with Crippen LogP contribution in [0.3, 0.4) is 0 Å². The SMILES string of the molecule is COc1cc(C(=O)C(Cc2ccccc2)c2ccccc2)ccc1O. The number of phenolic OH excluding ortho intramolecular Hbond substituents is 1. The Kier molecular flexibility index (Phi) is 5.14. The van der Waals surface area contributed by atoms with Crippen LogP contribution in [0.15, 0.2) is 78.9 Å². The van der Waals surface area contributed by atoms with Crippen molar-refractivity contribution in [1.82, 2.24) is 0 Å². The van der Waals surface area contributed by atoms with E-state index in [0.717, 1.165) is 11.1 Å². The van der Waals surface area contributed by atoms with E-state index in [1.165, 1.54) is 13.2 Å². The molecule has 0 heterocycles. The molecule has 0 aliphatic rings. The zero-order chi connectivity index (χ0) is 17.6. The van der Waals surface area contributed by atoms with Crippen LogP contribution in [0.1, 0.15) is 27.4 Å². The number of hydrogen-bond acceptors (Lipinski definition) is 3. The third-order valence-corrected chi connectivity index (χ3v) is 4.27. The van der Waals surface area contributed by atoms with Crippen LogP contribution in [0, 0.1) is 0 Å². The molecule has 3 nitrogen and oxygen atoms in total. The average molecular weight is 332 g/mol. The predicted molar refractivity (Wildman–Crippen MR) is 98.3 cm³/mol. The van der Waals surface area contributed by atoms with Gasteiger partial charge in [-0.3, -0.25) is 4.79 Å². The average Bonchev–Trinajstić information content (AvgIpc) is 2.67. The number of rotatable bonds is 6. The summed E-state index contributed by atoms with van der Waals surface area (Å²) in [4.78, 5) is 13.2. The fourth-order valence-corrected chi connectivity index (χ4v) is 2.93. The summed E-state index contributed by atoms with van der Waals surface area (Å²) in [7, 11) is 1.47. The standard InChI is InChI=1S/C22H20O3/c1-25-21-15-18(12-13-20(21)23)22(24)19(17-10-6-3-7-11-17)14-16-8-4-2-5-9-16/h2-13,15,19,23H,14H2,1H3. The second-order valence-corrected chi connectivity index (χ2v) is 5.90. The highest BCUT2D eigenvalue weighted by molar-refractivity contribution is 6.01. The lowest BCUT2D eigenvalue weighted by Crippen LogP contribution is -2.16. The molecule has 0 aliphatic carbocycles. The number of aromatic hydroxyl groups is 1. The van der Waals surface area contributed by atoms with Gasteiger partial charge < -0.3 is 9.84 Å². The van der Waals surface area contributed by atoms with Gasteiger partial charge in [0.15, 0.2) is 17.3 Å². The van der Waals surface area contributed by atoms with Crippen LogP contribution < -0.4 is 4.74 Å². The summed E-state index contributed by atoms with van der Waals surface area (Å²) in [6, 6.07) is 24.5. The predicted octanol–water partition coefficient (Wildman–Crippen LogP) is 4.61. The highest BCUT2D eigenvalue weighted by atomic mass is 16.5. The summed E-state index contributed by atoms with van der Waals surface area (Å²) in [5, 5.41) is 9.77. The van der Waals surface area contributed by atoms with Gasteiger partial charge in [0.25, 0.3) is 0 Å². The van der Waals surface area contributed by atoms with Gasteiger partial charge in [-0.1, -0.05) is 60.7 Å². The van der Waals surface area contributed by atoms with E-state index in [9.17, 15) is 9.90 Å². The smallest absolute Gasteiger partial charge is 0.170 e. The van der Waals surface area contributed by atoms with Crippen LogP contribution in [0.2, 0.25) is 0 Å². The van der Waals surface area contributed by atoms with Crippen molar-refractivity contribution in [1.29, 1.82) is 0 Å². The molecule has 1 N–H and O–H groups in total. The summed E-state index contributed by atoms with van der Waals surface area (Å²) in [6.45, 7) is 0. The van der Waals surface area contributed by atoms with Gasteiger partial charge in [0.05, 0.1) is 13.0 Å². The minimum absolute atomic E-state index is 0.00773. The lowest BCUT2D eigenvalue weighted by Gasteiger charge is -2.17. The van der Waals surface area contributed by atoms with Gasteiger partial charge in [0, 0.05) is 5.56 Å². The Morgan fingerprint density at radius 3 is 2.24 bits per heavy atom. The summed E-state index contributed by atoms with van der Waals surface area (Å²) >= 11 is 0. The molecule has 3 aromatic carbocycles. The van der Waals surface area contributed by atoms with Crippen LogP contribution in [-0.4, -0.2) is 18.0 Å². The van der Waals surface area contributed by atoms with Gasteiger partial charge in [-0.05, 0) is 35.7 Å². The molecule has 0 spiro atoms. The van der Waals surface area contributed by atoms with E-state index in [0.29, 0.717) is 17.7 Å². The second-order valence-electron chi connectivity index (χ2n) is 5.90. The van der Waals surface area contributed by atoms with Crippen LogP contribution in [-0.2, 0) is 6.42 Å². The molecule has 3 aromatic rings. The number of phenols is 1. The topological polar surface area (TPSA) is 46.5 Å². The maximum Gasteiger partial charge on any atom is 0.170 e. The Hall–Kier alpha value is -3.07. The summed E-state index contributed by atoms with van der Waals surface area (Å²) in [5.41, 5.74) is 2.61. The lowest BCUT2D eigenvalue weighted by molar-refractivity contribution is 0.0958. The molecule has 0 radical (unpaired) electrons. The minimum atomic E-state index is -0.294. The molecule has 3 heteroatoms. The first-order valence-electron chi connectivity index (χ1n) is 8.19. The Morgan fingerprint density at radius 2 is 1.60 bits per heavy atom. The van der Waals surface area contributed by atoms with Crippen molar-refractivity contribution in [2.24, 2.45) is 0 Å². The molecule has 0 bridgehead atoms. The van der Waals surface area contributed by atoms with Gasteiger partial charge in [-0.25, -0.2) is 0 Å². The molecule has 1 atom stereocenters. The number of ketones is 1. The van der Waals surface area contributed by atoms with Gasteiger partial charge in [-0.15, -0.1) is 0 Å². The fourth-order valence-electron chi connectivity index (χ4n) is 2.93. The van der Waals surface area contributed by atoms with Crippen molar-refractivity contribution in [3.63, 3.8) is 0 Å². The number of ether oxygens (including phenoxy) is 1.